The lowest BCUT2D eigenvalue weighted by Gasteiger charge is -2.20. The number of benzene rings is 1. The van der Waals surface area contributed by atoms with Gasteiger partial charge >= 0.3 is 0 Å². The predicted octanol–water partition coefficient (Wildman–Crippen LogP) is 2.75. The van der Waals surface area contributed by atoms with Crippen LogP contribution in [-0.4, -0.2) is 15.0 Å². The zero-order valence-electron chi connectivity index (χ0n) is 11.1. The second-order valence-electron chi connectivity index (χ2n) is 5.52. The monoisotopic (exact) mass is 346 g/mol. The van der Waals surface area contributed by atoms with Crippen LogP contribution in [0.3, 0.4) is 0 Å². The molecule has 0 heterocycles. The van der Waals surface area contributed by atoms with Crippen molar-refractivity contribution in [2.45, 2.75) is 31.6 Å². The van der Waals surface area contributed by atoms with E-state index >= 15 is 0 Å². The first-order valence-corrected chi connectivity index (χ1v) is 8.59. The molecule has 0 saturated heterocycles. The van der Waals surface area contributed by atoms with Gasteiger partial charge in [0.2, 0.25) is 10.0 Å². The highest BCUT2D eigenvalue weighted by Gasteiger charge is 2.45. The number of halogens is 1. The first-order valence-electron chi connectivity index (χ1n) is 6.31. The molecule has 0 aliphatic heterocycles. The van der Waals surface area contributed by atoms with E-state index < -0.39 is 10.0 Å². The van der Waals surface area contributed by atoms with Crippen LogP contribution in [0.4, 0.5) is 5.69 Å². The van der Waals surface area contributed by atoms with Gasteiger partial charge in [0.25, 0.3) is 0 Å². The minimum atomic E-state index is -3.46. The fourth-order valence-electron chi connectivity index (χ4n) is 2.12. The molecule has 1 aliphatic rings. The SMILES string of the molecule is CC(C)C1(CNS(=O)(=O)c2ccc(N)c(Br)c2)CC1. The van der Waals surface area contributed by atoms with Gasteiger partial charge in [-0.3, -0.25) is 0 Å². The van der Waals surface area contributed by atoms with E-state index in [1.165, 1.54) is 12.1 Å². The summed E-state index contributed by atoms with van der Waals surface area (Å²) in [7, 11) is -3.46. The van der Waals surface area contributed by atoms with Gasteiger partial charge in [-0.2, -0.15) is 0 Å². The number of rotatable bonds is 5. The van der Waals surface area contributed by atoms with Crippen LogP contribution in [0.15, 0.2) is 27.6 Å². The molecule has 0 bridgehead atoms. The summed E-state index contributed by atoms with van der Waals surface area (Å²) in [5, 5.41) is 0. The molecule has 0 radical (unpaired) electrons. The van der Waals surface area contributed by atoms with E-state index in [0.717, 1.165) is 12.8 Å². The lowest BCUT2D eigenvalue weighted by atomic mass is 9.93. The summed E-state index contributed by atoms with van der Waals surface area (Å²) < 4.78 is 27.8. The topological polar surface area (TPSA) is 72.2 Å². The number of nitrogens with two attached hydrogens (primary N) is 1. The molecule has 4 nitrogen and oxygen atoms in total. The molecule has 1 aromatic rings. The molecule has 0 atom stereocenters. The van der Waals surface area contributed by atoms with Gasteiger partial charge in [0.1, 0.15) is 0 Å². The molecule has 0 amide bonds. The van der Waals surface area contributed by atoms with E-state index in [1.54, 1.807) is 6.07 Å². The van der Waals surface area contributed by atoms with Gasteiger partial charge in [-0.1, -0.05) is 13.8 Å². The highest BCUT2D eigenvalue weighted by Crippen LogP contribution is 2.51. The quantitative estimate of drug-likeness (QED) is 0.805. The predicted molar refractivity (Wildman–Crippen MR) is 80.2 cm³/mol. The van der Waals surface area contributed by atoms with Crippen molar-refractivity contribution in [3.8, 4) is 0 Å². The van der Waals surface area contributed by atoms with Gasteiger partial charge in [0.05, 0.1) is 4.90 Å². The van der Waals surface area contributed by atoms with Gasteiger partial charge in [-0.25, -0.2) is 13.1 Å². The first kappa shape index (κ1) is 14.8. The number of sulfonamides is 1. The molecule has 1 saturated carbocycles. The van der Waals surface area contributed by atoms with Gasteiger partial charge < -0.3 is 5.73 Å². The fraction of sp³-hybridized carbons (Fsp3) is 0.538. The maximum atomic E-state index is 12.2. The Morgan fingerprint density at radius 1 is 1.42 bits per heavy atom. The number of anilines is 1. The summed E-state index contributed by atoms with van der Waals surface area (Å²) in [5.74, 6) is 0.494. The van der Waals surface area contributed by atoms with Crippen LogP contribution in [-0.2, 0) is 10.0 Å². The minimum Gasteiger partial charge on any atom is -0.398 e. The Hall–Kier alpha value is -0.590. The summed E-state index contributed by atoms with van der Waals surface area (Å²) in [5.41, 5.74) is 6.34. The lowest BCUT2D eigenvalue weighted by molar-refractivity contribution is 0.357. The highest BCUT2D eigenvalue weighted by atomic mass is 79.9. The molecule has 0 aromatic heterocycles. The van der Waals surface area contributed by atoms with Crippen LogP contribution >= 0.6 is 15.9 Å². The van der Waals surface area contributed by atoms with Gasteiger partial charge in [0.15, 0.2) is 0 Å². The van der Waals surface area contributed by atoms with Crippen molar-refractivity contribution < 1.29 is 8.42 Å². The molecule has 6 heteroatoms. The van der Waals surface area contributed by atoms with Crippen LogP contribution in [0.25, 0.3) is 0 Å². The van der Waals surface area contributed by atoms with Crippen LogP contribution in [0.1, 0.15) is 26.7 Å². The molecule has 0 spiro atoms. The average Bonchev–Trinajstić information content (AvgIpc) is 3.11. The van der Waals surface area contributed by atoms with Crippen molar-refractivity contribution in [3.05, 3.63) is 22.7 Å². The summed E-state index contributed by atoms with van der Waals surface area (Å²) in [6, 6.07) is 4.65. The lowest BCUT2D eigenvalue weighted by Crippen LogP contribution is -2.32. The third-order valence-corrected chi connectivity index (χ3v) is 6.10. The van der Waals surface area contributed by atoms with Crippen molar-refractivity contribution in [1.29, 1.82) is 0 Å². The Bertz CT molecular complexity index is 580. The Kier molecular flexibility index (Phi) is 3.95. The van der Waals surface area contributed by atoms with Crippen LogP contribution in [0.2, 0.25) is 0 Å². The Balaban J connectivity index is 2.12. The van der Waals surface area contributed by atoms with E-state index in [0.29, 0.717) is 22.6 Å². The smallest absolute Gasteiger partial charge is 0.240 e. The Labute approximate surface area is 122 Å². The Morgan fingerprint density at radius 3 is 2.53 bits per heavy atom. The van der Waals surface area contributed by atoms with E-state index in [-0.39, 0.29) is 10.3 Å². The molecule has 0 unspecified atom stereocenters. The average molecular weight is 347 g/mol. The van der Waals surface area contributed by atoms with Crippen LogP contribution in [0.5, 0.6) is 0 Å². The van der Waals surface area contributed by atoms with Gasteiger partial charge in [-0.05, 0) is 58.3 Å². The van der Waals surface area contributed by atoms with Gasteiger partial charge in [-0.15, -0.1) is 0 Å². The van der Waals surface area contributed by atoms with Crippen molar-refractivity contribution >= 4 is 31.6 Å². The van der Waals surface area contributed by atoms with Crippen molar-refractivity contribution in [2.24, 2.45) is 11.3 Å². The standard InChI is InChI=1S/C13H19BrN2O2S/c1-9(2)13(5-6-13)8-16-19(17,18)10-3-4-12(15)11(14)7-10/h3-4,7,9,16H,5-6,8,15H2,1-2H3. The van der Waals surface area contributed by atoms with Crippen molar-refractivity contribution in [1.82, 2.24) is 4.72 Å². The number of nitrogens with one attached hydrogen (secondary N) is 1. The zero-order valence-corrected chi connectivity index (χ0v) is 13.5. The summed E-state index contributed by atoms with van der Waals surface area (Å²) in [6.07, 6.45) is 2.19. The molecule has 2 rings (SSSR count). The molecular weight excluding hydrogens is 328 g/mol. The van der Waals surface area contributed by atoms with Crippen LogP contribution < -0.4 is 10.5 Å². The highest BCUT2D eigenvalue weighted by molar-refractivity contribution is 9.10. The van der Waals surface area contributed by atoms with Gasteiger partial charge in [0, 0.05) is 16.7 Å². The second kappa shape index (κ2) is 5.07. The van der Waals surface area contributed by atoms with E-state index in [1.807, 2.05) is 0 Å². The first-order chi connectivity index (χ1) is 8.77. The summed E-state index contributed by atoms with van der Waals surface area (Å²) >= 11 is 3.25. The van der Waals surface area contributed by atoms with Crippen molar-refractivity contribution in [2.75, 3.05) is 12.3 Å². The molecule has 1 aliphatic carbocycles. The maximum Gasteiger partial charge on any atom is 0.240 e. The molecule has 1 fully saturated rings. The third kappa shape index (κ3) is 3.12. The second-order valence-corrected chi connectivity index (χ2v) is 8.15. The van der Waals surface area contributed by atoms with E-state index in [2.05, 4.69) is 34.5 Å². The maximum absolute atomic E-state index is 12.2. The molecule has 1 aromatic carbocycles. The normalized spacial score (nSPS) is 17.7. The third-order valence-electron chi connectivity index (χ3n) is 4.01. The largest absolute Gasteiger partial charge is 0.398 e. The minimum absolute atomic E-state index is 0.151. The molecule has 106 valence electrons. The number of nitrogen functional groups attached to an aromatic ring is 1. The fourth-order valence-corrected chi connectivity index (χ4v) is 3.81. The van der Waals surface area contributed by atoms with E-state index in [9.17, 15) is 8.42 Å². The number of hydrogen-bond acceptors (Lipinski definition) is 3. The molecule has 3 N–H and O–H groups in total. The van der Waals surface area contributed by atoms with Crippen molar-refractivity contribution in [3.63, 3.8) is 0 Å². The molecule has 19 heavy (non-hydrogen) atoms. The Morgan fingerprint density at radius 2 is 2.05 bits per heavy atom. The number of hydrogen-bond donors (Lipinski definition) is 2. The zero-order chi connectivity index (χ0) is 14.3. The summed E-state index contributed by atoms with van der Waals surface area (Å²) in [4.78, 5) is 0.244. The summed E-state index contributed by atoms with van der Waals surface area (Å²) in [6.45, 7) is 4.79. The molecular formula is C13H19BrN2O2S. The van der Waals surface area contributed by atoms with E-state index in [4.69, 9.17) is 5.73 Å². The van der Waals surface area contributed by atoms with Crippen LogP contribution in [0, 0.1) is 11.3 Å².